The van der Waals surface area contributed by atoms with Crippen LogP contribution in [0.1, 0.15) is 49.4 Å². The first kappa shape index (κ1) is 20.8. The molecule has 30 heavy (non-hydrogen) atoms. The number of pyridine rings is 1. The number of carbonyl (C=O) groups is 1. The van der Waals surface area contributed by atoms with Gasteiger partial charge in [0, 0.05) is 29.9 Å². The molecule has 2 fully saturated rings. The summed E-state index contributed by atoms with van der Waals surface area (Å²) in [6.45, 7) is 6.57. The van der Waals surface area contributed by atoms with Gasteiger partial charge in [0.15, 0.2) is 0 Å². The maximum Gasteiger partial charge on any atom is 0.335 e. The van der Waals surface area contributed by atoms with Crippen molar-refractivity contribution in [3.8, 4) is 17.0 Å². The molecular formula is C24H29FN2O3. The Morgan fingerprint density at radius 3 is 2.60 bits per heavy atom. The van der Waals surface area contributed by atoms with E-state index in [2.05, 4.69) is 16.8 Å². The van der Waals surface area contributed by atoms with Crippen LogP contribution in [0.25, 0.3) is 11.1 Å². The minimum Gasteiger partial charge on any atom is -0.478 e. The molecule has 0 radical (unpaired) electrons. The summed E-state index contributed by atoms with van der Waals surface area (Å²) in [4.78, 5) is 17.9. The molecule has 2 aromatic rings. The van der Waals surface area contributed by atoms with Crippen molar-refractivity contribution in [2.24, 2.45) is 11.3 Å². The standard InChI is InChI=1S/C24H29FN2O3/c1-24(9-2-10-24)16-27-11-7-17(8-12-27)15-30-22-6-4-19(14-26-22)20-5-3-18(23(28)29)13-21(20)25/h3-6,13-14,17H,2,7-12,15-16H2,1H3,(H,28,29). The van der Waals surface area contributed by atoms with Crippen molar-refractivity contribution < 1.29 is 19.0 Å². The van der Waals surface area contributed by atoms with Crippen molar-refractivity contribution in [2.75, 3.05) is 26.2 Å². The zero-order valence-electron chi connectivity index (χ0n) is 17.4. The number of piperidine rings is 1. The molecule has 0 bridgehead atoms. The van der Waals surface area contributed by atoms with Gasteiger partial charge in [-0.15, -0.1) is 0 Å². The second kappa shape index (κ2) is 8.72. The fourth-order valence-corrected chi connectivity index (χ4v) is 4.50. The topological polar surface area (TPSA) is 62.7 Å². The van der Waals surface area contributed by atoms with Crippen LogP contribution in [0.4, 0.5) is 4.39 Å². The fourth-order valence-electron chi connectivity index (χ4n) is 4.50. The van der Waals surface area contributed by atoms with E-state index in [9.17, 15) is 9.18 Å². The molecule has 1 aliphatic carbocycles. The Balaban J connectivity index is 1.27. The summed E-state index contributed by atoms with van der Waals surface area (Å²) >= 11 is 0. The molecule has 6 heteroatoms. The number of nitrogens with zero attached hydrogens (tertiary/aromatic N) is 2. The predicted octanol–water partition coefficient (Wildman–Crippen LogP) is 4.87. The number of aromatic carboxylic acids is 1. The maximum atomic E-state index is 14.2. The van der Waals surface area contributed by atoms with Crippen LogP contribution in [0, 0.1) is 17.2 Å². The molecule has 1 aliphatic heterocycles. The van der Waals surface area contributed by atoms with Crippen molar-refractivity contribution >= 4 is 5.97 Å². The van der Waals surface area contributed by atoms with Gasteiger partial charge in [-0.1, -0.05) is 19.4 Å². The highest BCUT2D eigenvalue weighted by atomic mass is 19.1. The number of likely N-dealkylation sites (tertiary alicyclic amines) is 1. The minimum atomic E-state index is -1.15. The number of hydrogen-bond acceptors (Lipinski definition) is 4. The number of benzene rings is 1. The third kappa shape index (κ3) is 4.81. The van der Waals surface area contributed by atoms with Gasteiger partial charge in [0.2, 0.25) is 5.88 Å². The first-order valence-corrected chi connectivity index (χ1v) is 10.8. The fraction of sp³-hybridized carbons (Fsp3) is 0.500. The minimum absolute atomic E-state index is 0.0722. The van der Waals surface area contributed by atoms with Crippen molar-refractivity contribution in [2.45, 2.75) is 39.0 Å². The molecule has 0 amide bonds. The number of aromatic nitrogens is 1. The maximum absolute atomic E-state index is 14.2. The third-order valence-corrected chi connectivity index (χ3v) is 6.60. The second-order valence-corrected chi connectivity index (χ2v) is 9.08. The average Bonchev–Trinajstić information content (AvgIpc) is 2.72. The quantitative estimate of drug-likeness (QED) is 0.703. The number of carboxylic acid groups (broad SMARTS) is 1. The van der Waals surface area contributed by atoms with Gasteiger partial charge in [-0.2, -0.15) is 0 Å². The molecule has 5 nitrogen and oxygen atoms in total. The number of ether oxygens (including phenoxy) is 1. The van der Waals surface area contributed by atoms with E-state index in [1.165, 1.54) is 37.9 Å². The summed E-state index contributed by atoms with van der Waals surface area (Å²) in [6.07, 6.45) is 7.98. The van der Waals surface area contributed by atoms with E-state index in [-0.39, 0.29) is 5.56 Å². The molecular weight excluding hydrogens is 383 g/mol. The third-order valence-electron chi connectivity index (χ3n) is 6.60. The van der Waals surface area contributed by atoms with Crippen molar-refractivity contribution in [1.29, 1.82) is 0 Å². The van der Waals surface area contributed by atoms with E-state index < -0.39 is 11.8 Å². The molecule has 2 aliphatic rings. The first-order chi connectivity index (χ1) is 14.4. The van der Waals surface area contributed by atoms with Crippen LogP contribution < -0.4 is 4.74 Å². The SMILES string of the molecule is CC1(CN2CCC(COc3ccc(-c4ccc(C(=O)O)cc4F)cn3)CC2)CCC1. The lowest BCUT2D eigenvalue weighted by atomic mass is 9.70. The Bertz CT molecular complexity index is 888. The average molecular weight is 413 g/mol. The highest BCUT2D eigenvalue weighted by Gasteiger charge is 2.34. The van der Waals surface area contributed by atoms with E-state index in [0.717, 1.165) is 32.0 Å². The summed E-state index contributed by atoms with van der Waals surface area (Å²) in [5.74, 6) is -0.651. The summed E-state index contributed by atoms with van der Waals surface area (Å²) in [6, 6.07) is 7.38. The van der Waals surface area contributed by atoms with Gasteiger partial charge < -0.3 is 14.7 Å². The number of halogens is 1. The van der Waals surface area contributed by atoms with E-state index in [0.29, 0.717) is 34.9 Å². The highest BCUT2D eigenvalue weighted by molar-refractivity contribution is 5.88. The van der Waals surface area contributed by atoms with Crippen molar-refractivity contribution in [3.05, 3.63) is 47.9 Å². The highest BCUT2D eigenvalue weighted by Crippen LogP contribution is 2.41. The molecule has 1 N–H and O–H groups in total. The van der Waals surface area contributed by atoms with E-state index in [1.54, 1.807) is 18.3 Å². The lowest BCUT2D eigenvalue weighted by molar-refractivity contribution is 0.0561. The zero-order valence-corrected chi connectivity index (χ0v) is 17.4. The Kier molecular flexibility index (Phi) is 6.04. The van der Waals surface area contributed by atoms with Crippen LogP contribution in [0.3, 0.4) is 0 Å². The van der Waals surface area contributed by atoms with Crippen LogP contribution in [0.2, 0.25) is 0 Å². The summed E-state index contributed by atoms with van der Waals surface area (Å²) in [5, 5.41) is 8.95. The van der Waals surface area contributed by atoms with Gasteiger partial charge in [0.25, 0.3) is 0 Å². The van der Waals surface area contributed by atoms with Crippen LogP contribution in [0.5, 0.6) is 5.88 Å². The van der Waals surface area contributed by atoms with Gasteiger partial charge in [-0.05, 0) is 68.3 Å². The smallest absolute Gasteiger partial charge is 0.335 e. The Morgan fingerprint density at radius 2 is 2.03 bits per heavy atom. The monoisotopic (exact) mass is 412 g/mol. The number of carboxylic acids is 1. The number of rotatable bonds is 7. The molecule has 2 heterocycles. The lowest BCUT2D eigenvalue weighted by Crippen LogP contribution is -2.44. The van der Waals surface area contributed by atoms with Crippen LogP contribution >= 0.6 is 0 Å². The molecule has 1 saturated carbocycles. The van der Waals surface area contributed by atoms with Crippen LogP contribution in [0.15, 0.2) is 36.5 Å². The molecule has 0 unspecified atom stereocenters. The van der Waals surface area contributed by atoms with Crippen LogP contribution in [-0.4, -0.2) is 47.2 Å². The second-order valence-electron chi connectivity index (χ2n) is 9.08. The summed E-state index contributed by atoms with van der Waals surface area (Å²) in [7, 11) is 0. The first-order valence-electron chi connectivity index (χ1n) is 10.8. The Morgan fingerprint density at radius 1 is 1.27 bits per heavy atom. The van der Waals surface area contributed by atoms with Gasteiger partial charge in [-0.3, -0.25) is 0 Å². The van der Waals surface area contributed by atoms with Gasteiger partial charge in [-0.25, -0.2) is 14.2 Å². The van der Waals surface area contributed by atoms with E-state index in [4.69, 9.17) is 9.84 Å². The lowest BCUT2D eigenvalue weighted by Gasteiger charge is -2.44. The summed E-state index contributed by atoms with van der Waals surface area (Å²) < 4.78 is 20.1. The Labute approximate surface area is 176 Å². The molecule has 0 spiro atoms. The predicted molar refractivity (Wildman–Crippen MR) is 113 cm³/mol. The van der Waals surface area contributed by atoms with E-state index in [1.807, 2.05) is 0 Å². The van der Waals surface area contributed by atoms with Gasteiger partial charge >= 0.3 is 5.97 Å². The largest absolute Gasteiger partial charge is 0.478 e. The molecule has 1 aromatic carbocycles. The number of hydrogen-bond donors (Lipinski definition) is 1. The zero-order chi connectivity index (χ0) is 21.1. The Hall–Kier alpha value is -2.47. The van der Waals surface area contributed by atoms with Crippen LogP contribution in [-0.2, 0) is 0 Å². The summed E-state index contributed by atoms with van der Waals surface area (Å²) in [5.41, 5.74) is 1.39. The van der Waals surface area contributed by atoms with Gasteiger partial charge in [0.1, 0.15) is 5.82 Å². The van der Waals surface area contributed by atoms with Crippen molar-refractivity contribution in [1.82, 2.24) is 9.88 Å². The molecule has 1 aromatic heterocycles. The van der Waals surface area contributed by atoms with E-state index >= 15 is 0 Å². The molecule has 1 saturated heterocycles. The van der Waals surface area contributed by atoms with Gasteiger partial charge in [0.05, 0.1) is 12.2 Å². The molecule has 160 valence electrons. The molecule has 4 rings (SSSR count). The van der Waals surface area contributed by atoms with Crippen molar-refractivity contribution in [3.63, 3.8) is 0 Å². The normalized spacial score (nSPS) is 19.3. The molecule has 0 atom stereocenters.